The van der Waals surface area contributed by atoms with Gasteiger partial charge in [-0.25, -0.2) is 0 Å². The van der Waals surface area contributed by atoms with E-state index >= 15 is 0 Å². The van der Waals surface area contributed by atoms with Gasteiger partial charge in [-0.05, 0) is 49.6 Å². The Hall–Kier alpha value is -2.41. The molecule has 0 radical (unpaired) electrons. The lowest BCUT2D eigenvalue weighted by molar-refractivity contribution is -0.114. The van der Waals surface area contributed by atoms with Gasteiger partial charge in [0, 0.05) is 44.2 Å². The van der Waals surface area contributed by atoms with Gasteiger partial charge in [0.15, 0.2) is 0 Å². The monoisotopic (exact) mass is 410 g/mol. The number of piperidine rings is 1. The van der Waals surface area contributed by atoms with E-state index in [2.05, 4.69) is 10.2 Å². The Morgan fingerprint density at radius 1 is 1.23 bits per heavy atom. The van der Waals surface area contributed by atoms with E-state index in [-0.39, 0.29) is 11.5 Å². The third-order valence-electron chi connectivity index (χ3n) is 6.23. The second-order valence-corrected chi connectivity index (χ2v) is 8.67. The molecule has 1 fully saturated rings. The number of fused-ring (bicyclic) bond motifs is 1. The molecule has 3 N–H and O–H groups in total. The van der Waals surface area contributed by atoms with Gasteiger partial charge in [0.2, 0.25) is 5.91 Å². The average molecular weight is 411 g/mol. The number of ether oxygens (including phenoxy) is 1. The fourth-order valence-corrected chi connectivity index (χ4v) is 4.55. The van der Waals surface area contributed by atoms with Crippen molar-refractivity contribution < 1.29 is 19.7 Å². The van der Waals surface area contributed by atoms with Gasteiger partial charge in [0.05, 0.1) is 12.2 Å². The fraction of sp³-hybridized carbons (Fsp3) is 0.458. The summed E-state index contributed by atoms with van der Waals surface area (Å²) < 4.78 is 6.38. The number of nitrogens with zero attached hydrogens (tertiary/aromatic N) is 1. The number of nitrogens with one attached hydrogen (secondary N) is 1. The zero-order valence-corrected chi connectivity index (χ0v) is 17.6. The first kappa shape index (κ1) is 20.8. The van der Waals surface area contributed by atoms with E-state index < -0.39 is 12.2 Å². The Balaban J connectivity index is 1.34. The fourth-order valence-electron chi connectivity index (χ4n) is 4.55. The van der Waals surface area contributed by atoms with E-state index in [9.17, 15) is 15.0 Å². The highest BCUT2D eigenvalue weighted by atomic mass is 16.5. The predicted octanol–water partition coefficient (Wildman–Crippen LogP) is 3.34. The van der Waals surface area contributed by atoms with Crippen LogP contribution in [0.25, 0.3) is 0 Å². The van der Waals surface area contributed by atoms with Gasteiger partial charge >= 0.3 is 0 Å². The van der Waals surface area contributed by atoms with Gasteiger partial charge in [-0.15, -0.1) is 0 Å². The smallest absolute Gasteiger partial charge is 0.221 e. The van der Waals surface area contributed by atoms with Gasteiger partial charge < -0.3 is 25.2 Å². The maximum atomic E-state index is 11.1. The number of anilines is 1. The molecule has 160 valence electrons. The number of hydrogen-bond acceptors (Lipinski definition) is 5. The molecule has 2 atom stereocenters. The van der Waals surface area contributed by atoms with Crippen molar-refractivity contribution in [3.05, 3.63) is 59.2 Å². The Morgan fingerprint density at radius 3 is 2.60 bits per heavy atom. The van der Waals surface area contributed by atoms with Crippen LogP contribution in [-0.2, 0) is 4.79 Å². The molecule has 2 aromatic carbocycles. The zero-order valence-electron chi connectivity index (χ0n) is 17.6. The summed E-state index contributed by atoms with van der Waals surface area (Å²) in [6.07, 6.45) is 1.18. The average Bonchev–Trinajstić information content (AvgIpc) is 2.71. The van der Waals surface area contributed by atoms with E-state index in [1.165, 1.54) is 6.92 Å². The van der Waals surface area contributed by atoms with E-state index in [0.29, 0.717) is 13.0 Å². The first-order chi connectivity index (χ1) is 14.3. The summed E-state index contributed by atoms with van der Waals surface area (Å²) in [5, 5.41) is 24.1. The van der Waals surface area contributed by atoms with Crippen LogP contribution in [0.3, 0.4) is 0 Å². The molecule has 2 aromatic rings. The molecule has 0 saturated carbocycles. The van der Waals surface area contributed by atoms with Crippen molar-refractivity contribution in [2.45, 2.75) is 50.9 Å². The molecule has 0 unspecified atom stereocenters. The number of benzene rings is 2. The highest BCUT2D eigenvalue weighted by Gasteiger charge is 2.43. The molecule has 0 bridgehead atoms. The van der Waals surface area contributed by atoms with Crippen LogP contribution in [0.1, 0.15) is 55.1 Å². The SMILES string of the molecule is CC(=O)Nc1ccc([C@H](O)CN2CCC3(CC2)C[C@@H](O)c2cc(C)ccc2O3)cc1. The summed E-state index contributed by atoms with van der Waals surface area (Å²) in [6, 6.07) is 13.3. The van der Waals surface area contributed by atoms with Gasteiger partial charge in [-0.2, -0.15) is 0 Å². The second kappa shape index (κ2) is 8.38. The largest absolute Gasteiger partial charge is 0.487 e. The Morgan fingerprint density at radius 2 is 1.93 bits per heavy atom. The predicted molar refractivity (Wildman–Crippen MR) is 115 cm³/mol. The van der Waals surface area contributed by atoms with Gasteiger partial charge in [0.25, 0.3) is 0 Å². The maximum Gasteiger partial charge on any atom is 0.221 e. The molecule has 0 aliphatic carbocycles. The number of aliphatic hydroxyl groups is 2. The summed E-state index contributed by atoms with van der Waals surface area (Å²) in [6.45, 7) is 5.67. The van der Waals surface area contributed by atoms with Crippen LogP contribution in [0.2, 0.25) is 0 Å². The lowest BCUT2D eigenvalue weighted by Crippen LogP contribution is -2.51. The van der Waals surface area contributed by atoms with Crippen molar-refractivity contribution in [2.75, 3.05) is 25.0 Å². The lowest BCUT2D eigenvalue weighted by atomic mass is 9.81. The lowest BCUT2D eigenvalue weighted by Gasteiger charge is -2.46. The number of carbonyl (C=O) groups excluding carboxylic acids is 1. The second-order valence-electron chi connectivity index (χ2n) is 8.67. The van der Waals surface area contributed by atoms with Crippen LogP contribution in [0, 0.1) is 6.92 Å². The normalized spacial score (nSPS) is 21.5. The molecule has 1 saturated heterocycles. The van der Waals surface area contributed by atoms with Crippen LogP contribution < -0.4 is 10.1 Å². The number of likely N-dealkylation sites (tertiary alicyclic amines) is 1. The van der Waals surface area contributed by atoms with Crippen LogP contribution in [0.4, 0.5) is 5.69 Å². The van der Waals surface area contributed by atoms with Crippen molar-refractivity contribution in [3.8, 4) is 5.75 Å². The highest BCUT2D eigenvalue weighted by Crippen LogP contribution is 2.44. The minimum absolute atomic E-state index is 0.113. The summed E-state index contributed by atoms with van der Waals surface area (Å²) in [5.41, 5.74) is 3.24. The first-order valence-electron chi connectivity index (χ1n) is 10.6. The minimum Gasteiger partial charge on any atom is -0.487 e. The number of aryl methyl sites for hydroxylation is 1. The summed E-state index contributed by atoms with van der Waals surface area (Å²) in [4.78, 5) is 13.4. The molecule has 6 nitrogen and oxygen atoms in total. The van der Waals surface area contributed by atoms with Crippen LogP contribution in [0.5, 0.6) is 5.75 Å². The first-order valence-corrected chi connectivity index (χ1v) is 10.6. The zero-order chi connectivity index (χ0) is 21.3. The van der Waals surface area contributed by atoms with E-state index in [0.717, 1.165) is 54.1 Å². The van der Waals surface area contributed by atoms with Gasteiger partial charge in [0.1, 0.15) is 11.4 Å². The standard InChI is InChI=1S/C24H30N2O4/c1-16-3-8-23-20(13-16)21(28)14-24(30-23)9-11-26(12-10-24)15-22(29)18-4-6-19(7-5-18)25-17(2)27/h3-8,13,21-22,28-29H,9-12,14-15H2,1-2H3,(H,25,27)/t21-,22-/m1/s1. The topological polar surface area (TPSA) is 82.0 Å². The third kappa shape index (κ3) is 4.51. The van der Waals surface area contributed by atoms with Gasteiger partial charge in [-0.3, -0.25) is 4.79 Å². The molecule has 6 heteroatoms. The maximum absolute atomic E-state index is 11.1. The van der Waals surface area contributed by atoms with Crippen LogP contribution >= 0.6 is 0 Å². The number of carbonyl (C=O) groups is 1. The number of rotatable bonds is 4. The van der Waals surface area contributed by atoms with Crippen LogP contribution in [-0.4, -0.2) is 46.3 Å². The quantitative estimate of drug-likeness (QED) is 0.720. The van der Waals surface area contributed by atoms with E-state index in [4.69, 9.17) is 4.74 Å². The summed E-state index contributed by atoms with van der Waals surface area (Å²) in [5.74, 6) is 0.686. The minimum atomic E-state index is -0.591. The van der Waals surface area contributed by atoms with Crippen molar-refractivity contribution in [3.63, 3.8) is 0 Å². The molecular formula is C24H30N2O4. The van der Waals surface area contributed by atoms with Crippen LogP contribution in [0.15, 0.2) is 42.5 Å². The number of amides is 1. The molecule has 1 spiro atoms. The molecule has 2 aliphatic rings. The Bertz CT molecular complexity index is 904. The molecule has 2 heterocycles. The van der Waals surface area contributed by atoms with E-state index in [1.54, 1.807) is 0 Å². The highest BCUT2D eigenvalue weighted by molar-refractivity contribution is 5.88. The molecule has 4 rings (SSSR count). The number of hydrogen-bond donors (Lipinski definition) is 3. The molecule has 1 amide bonds. The van der Waals surface area contributed by atoms with Crippen molar-refractivity contribution in [2.24, 2.45) is 0 Å². The molecule has 2 aliphatic heterocycles. The van der Waals surface area contributed by atoms with Crippen molar-refractivity contribution in [1.29, 1.82) is 0 Å². The summed E-state index contributed by atoms with van der Waals surface area (Å²) in [7, 11) is 0. The molecular weight excluding hydrogens is 380 g/mol. The Kier molecular flexibility index (Phi) is 5.82. The van der Waals surface area contributed by atoms with Crippen molar-refractivity contribution >= 4 is 11.6 Å². The Labute approximate surface area is 177 Å². The van der Waals surface area contributed by atoms with Crippen molar-refractivity contribution in [1.82, 2.24) is 4.90 Å². The third-order valence-corrected chi connectivity index (χ3v) is 6.23. The molecule has 0 aromatic heterocycles. The number of aliphatic hydroxyl groups excluding tert-OH is 2. The number of β-amino-alcohol motifs (C(OH)–C–C–N with tert-alkyl or cyclic N) is 1. The van der Waals surface area contributed by atoms with Gasteiger partial charge in [-0.1, -0.05) is 23.8 Å². The molecule has 30 heavy (non-hydrogen) atoms. The van der Waals surface area contributed by atoms with E-state index in [1.807, 2.05) is 49.4 Å². The summed E-state index contributed by atoms with van der Waals surface area (Å²) >= 11 is 0.